The first kappa shape index (κ1) is 7.38. The highest BCUT2D eigenvalue weighted by Gasteiger charge is 2.03. The van der Waals surface area contributed by atoms with Crippen LogP contribution in [0.3, 0.4) is 0 Å². The Hall–Kier alpha value is -2.03. The largest absolute Gasteiger partial charge is 0.353 e. The van der Waals surface area contributed by atoms with E-state index in [0.29, 0.717) is 0 Å². The van der Waals surface area contributed by atoms with Gasteiger partial charge >= 0.3 is 0 Å². The normalized spacial score (nSPS) is 10.9. The summed E-state index contributed by atoms with van der Waals surface area (Å²) in [6.07, 6.45) is 4.50. The van der Waals surface area contributed by atoms with Gasteiger partial charge in [0, 0.05) is 17.1 Å². The van der Waals surface area contributed by atoms with Crippen molar-refractivity contribution >= 4 is 10.9 Å². The molecule has 2 N–H and O–H groups in total. The number of para-hydroxylation sites is 1. The molecule has 0 aliphatic heterocycles. The quantitative estimate of drug-likeness (QED) is 0.596. The van der Waals surface area contributed by atoms with E-state index in [-0.39, 0.29) is 0 Å². The molecule has 0 fully saturated rings. The molecule has 3 nitrogen and oxygen atoms in total. The van der Waals surface area contributed by atoms with Crippen LogP contribution in [0.2, 0.25) is 0 Å². The minimum Gasteiger partial charge on any atom is -0.353 e. The van der Waals surface area contributed by atoms with Crippen LogP contribution in [-0.4, -0.2) is 15.0 Å². The third-order valence-electron chi connectivity index (χ3n) is 2.26. The molecule has 0 saturated heterocycles. The summed E-state index contributed by atoms with van der Waals surface area (Å²) in [5.74, 6) is 0. The predicted molar refractivity (Wildman–Crippen MR) is 54.7 cm³/mol. The molecule has 0 spiro atoms. The molecule has 2 aromatic heterocycles. The molecule has 0 aliphatic rings. The Morgan fingerprint density at radius 3 is 2.93 bits per heavy atom. The predicted octanol–water partition coefficient (Wildman–Crippen LogP) is 2.36. The molecule has 0 saturated carbocycles. The van der Waals surface area contributed by atoms with Gasteiger partial charge in [-0.1, -0.05) is 18.2 Å². The monoisotopic (exact) mass is 182 g/mol. The van der Waals surface area contributed by atoms with Crippen molar-refractivity contribution in [2.45, 2.75) is 0 Å². The first-order valence-electron chi connectivity index (χ1n) is 4.43. The second-order valence-corrected chi connectivity index (χ2v) is 3.17. The van der Waals surface area contributed by atoms with Crippen molar-refractivity contribution in [3.05, 3.63) is 42.9 Å². The van der Waals surface area contributed by atoms with Crippen LogP contribution < -0.4 is 0 Å². The molecule has 0 bridgehead atoms. The smallest absolute Gasteiger partial charge is 0.174 e. The van der Waals surface area contributed by atoms with E-state index in [4.69, 9.17) is 0 Å². The van der Waals surface area contributed by atoms with Gasteiger partial charge in [0.25, 0.3) is 0 Å². The zero-order valence-corrected chi connectivity index (χ0v) is 7.41. The Morgan fingerprint density at radius 2 is 2.14 bits per heavy atom. The van der Waals surface area contributed by atoms with Crippen LogP contribution >= 0.6 is 0 Å². The molecular weight excluding hydrogens is 174 g/mol. The number of aromatic nitrogens is 3. The Bertz CT molecular complexity index is 516. The maximum absolute atomic E-state index is 4.07. The summed E-state index contributed by atoms with van der Waals surface area (Å²) in [5, 5.41) is 1.20. The van der Waals surface area contributed by atoms with Crippen LogP contribution in [0.25, 0.3) is 22.3 Å². The van der Waals surface area contributed by atoms with Crippen LogP contribution in [0.4, 0.5) is 0 Å². The summed E-state index contributed by atoms with van der Waals surface area (Å²) in [7, 11) is 0. The van der Waals surface area contributed by atoms with Gasteiger partial charge in [0.1, 0.15) is 5.69 Å². The lowest BCUT2D eigenvalue weighted by Crippen LogP contribution is -1.74. The molecule has 0 unspecified atom stereocenters. The lowest BCUT2D eigenvalue weighted by Gasteiger charge is -1.87. The van der Waals surface area contributed by atoms with Crippen LogP contribution in [0.15, 0.2) is 36.5 Å². The third-order valence-corrected chi connectivity index (χ3v) is 2.26. The average molecular weight is 182 g/mol. The number of fused-ring (bicyclic) bond motifs is 1. The molecule has 0 atom stereocenters. The number of H-pyrrole nitrogens is 2. The van der Waals surface area contributed by atoms with E-state index in [1.165, 1.54) is 5.39 Å². The number of nitrogens with zero attached hydrogens (tertiary/aromatic N) is 1. The zero-order chi connectivity index (χ0) is 9.38. The van der Waals surface area contributed by atoms with Crippen molar-refractivity contribution in [1.82, 2.24) is 15.0 Å². The Morgan fingerprint density at radius 1 is 1.21 bits per heavy atom. The van der Waals surface area contributed by atoms with Crippen molar-refractivity contribution in [2.75, 3.05) is 0 Å². The average Bonchev–Trinajstić information content (AvgIpc) is 2.86. The Balaban J connectivity index is 2.24. The number of rotatable bonds is 1. The van der Waals surface area contributed by atoms with Crippen molar-refractivity contribution in [3.63, 3.8) is 0 Å². The number of hydrogen-bond acceptors (Lipinski definition) is 1. The number of nitrogens with one attached hydrogen (secondary N) is 2. The van der Waals surface area contributed by atoms with E-state index in [9.17, 15) is 0 Å². The standard InChI is InChI=1S/C11H8N3/c1-2-4-9-8(3-1)5-10(14-9)11-6-12-7-13-11/h1-6,14H,(H,12,13). The van der Waals surface area contributed by atoms with E-state index in [1.54, 1.807) is 0 Å². The second kappa shape index (κ2) is 2.73. The van der Waals surface area contributed by atoms with Gasteiger partial charge in [-0.2, -0.15) is 0 Å². The summed E-state index contributed by atoms with van der Waals surface area (Å²) in [6, 6.07) is 10.2. The minimum absolute atomic E-state index is 0.890. The summed E-state index contributed by atoms with van der Waals surface area (Å²) in [5.41, 5.74) is 3.04. The summed E-state index contributed by atoms with van der Waals surface area (Å²) in [4.78, 5) is 10.2. The molecule has 1 radical (unpaired) electrons. The van der Waals surface area contributed by atoms with Crippen LogP contribution in [-0.2, 0) is 0 Å². The first-order chi connectivity index (χ1) is 6.93. The van der Waals surface area contributed by atoms with Gasteiger partial charge in [0.2, 0.25) is 0 Å². The minimum atomic E-state index is 0.890. The Kier molecular flexibility index (Phi) is 1.44. The van der Waals surface area contributed by atoms with Gasteiger partial charge in [-0.25, -0.2) is 4.98 Å². The number of hydrogen-bond donors (Lipinski definition) is 2. The highest BCUT2D eigenvalue weighted by atomic mass is 14.9. The molecular formula is C11H8N3. The summed E-state index contributed by atoms with van der Waals surface area (Å²) in [6.45, 7) is 0. The van der Waals surface area contributed by atoms with Crippen LogP contribution in [0.5, 0.6) is 0 Å². The molecule has 14 heavy (non-hydrogen) atoms. The van der Waals surface area contributed by atoms with Crippen molar-refractivity contribution in [2.24, 2.45) is 0 Å². The van der Waals surface area contributed by atoms with E-state index < -0.39 is 0 Å². The molecule has 67 valence electrons. The molecule has 3 aromatic rings. The van der Waals surface area contributed by atoms with E-state index in [0.717, 1.165) is 16.9 Å². The van der Waals surface area contributed by atoms with Gasteiger partial charge in [0.15, 0.2) is 6.33 Å². The van der Waals surface area contributed by atoms with Gasteiger partial charge in [-0.15, -0.1) is 0 Å². The van der Waals surface area contributed by atoms with E-state index in [1.807, 2.05) is 18.3 Å². The van der Waals surface area contributed by atoms with Crippen molar-refractivity contribution < 1.29 is 0 Å². The highest BCUT2D eigenvalue weighted by Crippen LogP contribution is 2.21. The molecule has 0 amide bonds. The molecule has 3 heteroatoms. The van der Waals surface area contributed by atoms with E-state index in [2.05, 4.69) is 39.5 Å². The second-order valence-electron chi connectivity index (χ2n) is 3.17. The molecule has 3 rings (SSSR count). The van der Waals surface area contributed by atoms with E-state index >= 15 is 0 Å². The summed E-state index contributed by atoms with van der Waals surface area (Å²) < 4.78 is 0. The lowest BCUT2D eigenvalue weighted by molar-refractivity contribution is 1.28. The van der Waals surface area contributed by atoms with Crippen molar-refractivity contribution in [3.8, 4) is 11.4 Å². The number of imidazole rings is 1. The third kappa shape index (κ3) is 1.03. The summed E-state index contributed by atoms with van der Waals surface area (Å²) >= 11 is 0. The lowest BCUT2D eigenvalue weighted by atomic mass is 10.2. The Labute approximate surface area is 80.8 Å². The van der Waals surface area contributed by atoms with Crippen LogP contribution in [0, 0.1) is 6.33 Å². The molecule has 1 aromatic carbocycles. The number of aromatic amines is 2. The van der Waals surface area contributed by atoms with Gasteiger partial charge in [0.05, 0.1) is 5.69 Å². The highest BCUT2D eigenvalue weighted by molar-refractivity contribution is 5.84. The first-order valence-corrected chi connectivity index (χ1v) is 4.43. The fourth-order valence-electron chi connectivity index (χ4n) is 1.57. The van der Waals surface area contributed by atoms with Gasteiger partial charge in [-0.05, 0) is 12.1 Å². The maximum Gasteiger partial charge on any atom is 0.174 e. The molecule has 2 heterocycles. The maximum atomic E-state index is 4.07. The fraction of sp³-hybridized carbons (Fsp3) is 0. The SMILES string of the molecule is [c]1nc(-c2cc3ccccc3[nH]2)c[nH]1. The molecule has 0 aliphatic carbocycles. The van der Waals surface area contributed by atoms with Crippen LogP contribution in [0.1, 0.15) is 0 Å². The zero-order valence-electron chi connectivity index (χ0n) is 7.41. The number of benzene rings is 1. The topological polar surface area (TPSA) is 44.5 Å². The van der Waals surface area contributed by atoms with Crippen molar-refractivity contribution in [1.29, 1.82) is 0 Å². The fourth-order valence-corrected chi connectivity index (χ4v) is 1.57. The van der Waals surface area contributed by atoms with Gasteiger partial charge in [-0.3, -0.25) is 0 Å². The van der Waals surface area contributed by atoms with Gasteiger partial charge < -0.3 is 9.97 Å².